The molecule has 1 aromatic heterocycles. The first-order chi connectivity index (χ1) is 8.05. The maximum absolute atomic E-state index is 12.4. The number of aromatic nitrogens is 2. The van der Waals surface area contributed by atoms with Crippen molar-refractivity contribution in [1.29, 1.82) is 0 Å². The fraction of sp³-hybridized carbons (Fsp3) is 0.636. The molecule has 94 valence electrons. The van der Waals surface area contributed by atoms with Gasteiger partial charge in [-0.15, -0.1) is 0 Å². The zero-order valence-corrected chi connectivity index (χ0v) is 9.30. The topological polar surface area (TPSA) is 37.8 Å². The van der Waals surface area contributed by atoms with Crippen LogP contribution in [0.5, 0.6) is 0 Å². The zero-order chi connectivity index (χ0) is 12.3. The van der Waals surface area contributed by atoms with Gasteiger partial charge in [0.15, 0.2) is 0 Å². The highest BCUT2D eigenvalue weighted by molar-refractivity contribution is 5.12. The van der Waals surface area contributed by atoms with Gasteiger partial charge in [0.1, 0.15) is 12.0 Å². The molecule has 6 heteroatoms. The standard InChI is InChI=1S/C11H14F3N3/c12-11(13,14)10-6-9(16-7-17-10)5-8-3-1-2-4-15-8/h6-8,15H,1-5H2. The Kier molecular flexibility index (Phi) is 3.61. The van der Waals surface area contributed by atoms with Crippen LogP contribution in [0.15, 0.2) is 12.4 Å². The summed E-state index contributed by atoms with van der Waals surface area (Å²) in [4.78, 5) is 7.14. The number of halogens is 3. The van der Waals surface area contributed by atoms with Crippen LogP contribution in [0, 0.1) is 0 Å². The lowest BCUT2D eigenvalue weighted by Gasteiger charge is -2.23. The van der Waals surface area contributed by atoms with Crippen molar-refractivity contribution >= 4 is 0 Å². The molecular formula is C11H14F3N3. The van der Waals surface area contributed by atoms with Crippen molar-refractivity contribution in [2.75, 3.05) is 6.54 Å². The first kappa shape index (κ1) is 12.3. The first-order valence-corrected chi connectivity index (χ1v) is 5.67. The van der Waals surface area contributed by atoms with Crippen LogP contribution in [0.2, 0.25) is 0 Å². The molecule has 0 radical (unpaired) electrons. The molecule has 1 unspecified atom stereocenters. The lowest BCUT2D eigenvalue weighted by molar-refractivity contribution is -0.141. The van der Waals surface area contributed by atoms with Gasteiger partial charge in [0.25, 0.3) is 0 Å². The van der Waals surface area contributed by atoms with Gasteiger partial charge >= 0.3 is 6.18 Å². The number of hydrogen-bond acceptors (Lipinski definition) is 3. The summed E-state index contributed by atoms with van der Waals surface area (Å²) in [5.41, 5.74) is -0.412. The maximum atomic E-state index is 12.4. The SMILES string of the molecule is FC(F)(F)c1cc(CC2CCCCN2)ncn1. The summed E-state index contributed by atoms with van der Waals surface area (Å²) in [5, 5.41) is 3.28. The number of rotatable bonds is 2. The molecule has 1 aromatic rings. The minimum Gasteiger partial charge on any atom is -0.314 e. The molecule has 2 rings (SSSR count). The normalized spacial score (nSPS) is 21.5. The van der Waals surface area contributed by atoms with Crippen molar-refractivity contribution in [2.24, 2.45) is 0 Å². The highest BCUT2D eigenvalue weighted by Gasteiger charge is 2.32. The lowest BCUT2D eigenvalue weighted by Crippen LogP contribution is -2.35. The largest absolute Gasteiger partial charge is 0.433 e. The summed E-state index contributed by atoms with van der Waals surface area (Å²) in [6, 6.07) is 1.27. The van der Waals surface area contributed by atoms with Crippen molar-refractivity contribution < 1.29 is 13.2 Å². The third kappa shape index (κ3) is 3.39. The van der Waals surface area contributed by atoms with Gasteiger partial charge in [0, 0.05) is 18.2 Å². The van der Waals surface area contributed by atoms with E-state index in [1.54, 1.807) is 0 Å². The highest BCUT2D eigenvalue weighted by atomic mass is 19.4. The second-order valence-electron chi connectivity index (χ2n) is 4.24. The molecule has 1 N–H and O–H groups in total. The van der Waals surface area contributed by atoms with Crippen molar-refractivity contribution in [2.45, 2.75) is 37.9 Å². The van der Waals surface area contributed by atoms with Crippen molar-refractivity contribution in [3.05, 3.63) is 23.8 Å². The predicted octanol–water partition coefficient (Wildman–Crippen LogP) is 2.18. The van der Waals surface area contributed by atoms with Gasteiger partial charge < -0.3 is 5.32 Å². The monoisotopic (exact) mass is 245 g/mol. The molecular weight excluding hydrogens is 231 g/mol. The molecule has 1 fully saturated rings. The second kappa shape index (κ2) is 5.00. The molecule has 0 bridgehead atoms. The van der Waals surface area contributed by atoms with E-state index in [9.17, 15) is 13.2 Å². The molecule has 1 aliphatic rings. The van der Waals surface area contributed by atoms with Crippen LogP contribution < -0.4 is 5.32 Å². The van der Waals surface area contributed by atoms with Crippen LogP contribution >= 0.6 is 0 Å². The fourth-order valence-electron chi connectivity index (χ4n) is 2.01. The van der Waals surface area contributed by atoms with Gasteiger partial charge in [0.05, 0.1) is 0 Å². The van der Waals surface area contributed by atoms with E-state index in [0.717, 1.165) is 38.2 Å². The van der Waals surface area contributed by atoms with E-state index in [1.807, 2.05) is 0 Å². The fourth-order valence-corrected chi connectivity index (χ4v) is 2.01. The molecule has 0 aliphatic carbocycles. The zero-order valence-electron chi connectivity index (χ0n) is 9.30. The van der Waals surface area contributed by atoms with Crippen LogP contribution in [0.3, 0.4) is 0 Å². The van der Waals surface area contributed by atoms with Gasteiger partial charge in [-0.3, -0.25) is 0 Å². The summed E-state index contributed by atoms with van der Waals surface area (Å²) in [6.07, 6.45) is 0.374. The Morgan fingerprint density at radius 2 is 2.12 bits per heavy atom. The van der Waals surface area contributed by atoms with Crippen LogP contribution in [-0.4, -0.2) is 22.6 Å². The van der Waals surface area contributed by atoms with Gasteiger partial charge in [-0.05, 0) is 25.5 Å². The Hall–Kier alpha value is -1.17. The van der Waals surface area contributed by atoms with Crippen molar-refractivity contribution in [3.63, 3.8) is 0 Å². The molecule has 0 aromatic carbocycles. The van der Waals surface area contributed by atoms with E-state index >= 15 is 0 Å². The number of hydrogen-bond donors (Lipinski definition) is 1. The van der Waals surface area contributed by atoms with Crippen molar-refractivity contribution in [1.82, 2.24) is 15.3 Å². The van der Waals surface area contributed by atoms with Gasteiger partial charge in [-0.2, -0.15) is 13.2 Å². The Morgan fingerprint density at radius 1 is 1.29 bits per heavy atom. The average molecular weight is 245 g/mol. The molecule has 17 heavy (non-hydrogen) atoms. The predicted molar refractivity (Wildman–Crippen MR) is 56.4 cm³/mol. The lowest BCUT2D eigenvalue weighted by atomic mass is 10.0. The maximum Gasteiger partial charge on any atom is 0.433 e. The quantitative estimate of drug-likeness (QED) is 0.867. The number of nitrogens with zero attached hydrogens (tertiary/aromatic N) is 2. The molecule has 1 atom stereocenters. The number of nitrogens with one attached hydrogen (secondary N) is 1. The highest BCUT2D eigenvalue weighted by Crippen LogP contribution is 2.27. The Morgan fingerprint density at radius 3 is 2.76 bits per heavy atom. The van der Waals surface area contributed by atoms with Crippen molar-refractivity contribution in [3.8, 4) is 0 Å². The molecule has 0 amide bonds. The average Bonchev–Trinajstić information content (AvgIpc) is 2.29. The molecule has 1 saturated heterocycles. The van der Waals surface area contributed by atoms with E-state index in [0.29, 0.717) is 12.1 Å². The molecule has 0 saturated carbocycles. The first-order valence-electron chi connectivity index (χ1n) is 5.67. The minimum absolute atomic E-state index is 0.236. The number of piperidine rings is 1. The summed E-state index contributed by atoms with van der Waals surface area (Å²) in [5.74, 6) is 0. The smallest absolute Gasteiger partial charge is 0.314 e. The van der Waals surface area contributed by atoms with Gasteiger partial charge in [0.2, 0.25) is 0 Å². The third-order valence-corrected chi connectivity index (χ3v) is 2.88. The Labute approximate surface area is 97.5 Å². The summed E-state index contributed by atoms with van der Waals surface area (Å²) < 4.78 is 37.3. The second-order valence-corrected chi connectivity index (χ2v) is 4.24. The molecule has 1 aliphatic heterocycles. The summed E-state index contributed by atoms with van der Waals surface area (Å²) in [6.45, 7) is 0.932. The number of alkyl halides is 3. The third-order valence-electron chi connectivity index (χ3n) is 2.88. The van der Waals surface area contributed by atoms with Crippen LogP contribution in [0.1, 0.15) is 30.7 Å². The van der Waals surface area contributed by atoms with E-state index in [2.05, 4.69) is 15.3 Å². The van der Waals surface area contributed by atoms with E-state index in [-0.39, 0.29) is 6.04 Å². The van der Waals surface area contributed by atoms with Crippen LogP contribution in [0.25, 0.3) is 0 Å². The minimum atomic E-state index is -4.39. The van der Waals surface area contributed by atoms with Crippen LogP contribution in [0.4, 0.5) is 13.2 Å². The van der Waals surface area contributed by atoms with Gasteiger partial charge in [-0.1, -0.05) is 6.42 Å². The molecule has 2 heterocycles. The van der Waals surface area contributed by atoms with Crippen LogP contribution in [-0.2, 0) is 12.6 Å². The van der Waals surface area contributed by atoms with E-state index in [4.69, 9.17) is 0 Å². The van der Waals surface area contributed by atoms with E-state index in [1.165, 1.54) is 0 Å². The summed E-state index contributed by atoms with van der Waals surface area (Å²) >= 11 is 0. The Bertz CT molecular complexity index is 372. The Balaban J connectivity index is 2.05. The molecule has 0 spiro atoms. The van der Waals surface area contributed by atoms with E-state index < -0.39 is 11.9 Å². The van der Waals surface area contributed by atoms with Gasteiger partial charge in [-0.25, -0.2) is 9.97 Å². The molecule has 3 nitrogen and oxygen atoms in total. The summed E-state index contributed by atoms with van der Waals surface area (Å²) in [7, 11) is 0.